The quantitative estimate of drug-likeness (QED) is 0.771. The predicted octanol–water partition coefficient (Wildman–Crippen LogP) is 3.37. The molecule has 0 saturated heterocycles. The Balaban J connectivity index is 1.89. The molecular formula is C16H13ClN2O4. The van der Waals surface area contributed by atoms with Crippen LogP contribution in [0.4, 0.5) is 0 Å². The molecule has 0 atom stereocenters. The van der Waals surface area contributed by atoms with Gasteiger partial charge in [-0.2, -0.15) is 0 Å². The van der Waals surface area contributed by atoms with Crippen LogP contribution in [0.3, 0.4) is 0 Å². The van der Waals surface area contributed by atoms with E-state index in [1.807, 2.05) is 0 Å². The second-order valence-electron chi connectivity index (χ2n) is 4.90. The number of carboxylic acid groups (broad SMARTS) is 1. The molecule has 0 unspecified atom stereocenters. The topological polar surface area (TPSA) is 85.5 Å². The number of aromatic carboxylic acids is 1. The van der Waals surface area contributed by atoms with Crippen molar-refractivity contribution < 1.29 is 19.1 Å². The minimum atomic E-state index is -1.04. The molecule has 0 aliphatic carbocycles. The fourth-order valence-corrected chi connectivity index (χ4v) is 2.43. The van der Waals surface area contributed by atoms with E-state index in [2.05, 4.69) is 9.97 Å². The van der Waals surface area contributed by atoms with Gasteiger partial charge >= 0.3 is 5.97 Å². The Morgan fingerprint density at radius 1 is 1.35 bits per heavy atom. The molecule has 0 aliphatic heterocycles. The third-order valence-corrected chi connectivity index (χ3v) is 3.58. The highest BCUT2D eigenvalue weighted by molar-refractivity contribution is 6.30. The number of halogens is 1. The maximum absolute atomic E-state index is 11.1. The minimum absolute atomic E-state index is 0.103. The zero-order valence-corrected chi connectivity index (χ0v) is 13.0. The van der Waals surface area contributed by atoms with E-state index < -0.39 is 5.97 Å². The number of carbonyl (C=O) groups is 1. The Kier molecular flexibility index (Phi) is 4.16. The van der Waals surface area contributed by atoms with E-state index in [0.29, 0.717) is 40.6 Å². The van der Waals surface area contributed by atoms with Crippen LogP contribution in [0.25, 0.3) is 11.1 Å². The van der Waals surface area contributed by atoms with Crippen molar-refractivity contribution >= 4 is 28.7 Å². The molecule has 1 N–H and O–H groups in total. The van der Waals surface area contributed by atoms with Crippen molar-refractivity contribution in [1.29, 1.82) is 0 Å². The van der Waals surface area contributed by atoms with Gasteiger partial charge in [-0.3, -0.25) is 4.98 Å². The molecule has 3 rings (SSSR count). The lowest BCUT2D eigenvalue weighted by molar-refractivity contribution is 0.0696. The summed E-state index contributed by atoms with van der Waals surface area (Å²) >= 11 is 5.93. The molecule has 2 aromatic heterocycles. The third-order valence-electron chi connectivity index (χ3n) is 3.34. The average molecular weight is 333 g/mol. The van der Waals surface area contributed by atoms with Crippen LogP contribution in [0, 0.1) is 0 Å². The van der Waals surface area contributed by atoms with Gasteiger partial charge in [-0.25, -0.2) is 9.78 Å². The molecule has 118 valence electrons. The summed E-state index contributed by atoms with van der Waals surface area (Å²) in [6.07, 6.45) is 2.78. The Morgan fingerprint density at radius 3 is 2.87 bits per heavy atom. The molecule has 0 spiro atoms. The molecule has 0 bridgehead atoms. The number of methoxy groups -OCH3 is 1. The van der Waals surface area contributed by atoms with Crippen LogP contribution in [-0.2, 0) is 12.8 Å². The first-order valence-corrected chi connectivity index (χ1v) is 7.26. The standard InChI is InChI=1S/C16H13ClN2O4/c1-22-13-7-9(16(20)21)6-12-15(13)23-14(19-12)3-2-11-8-10(17)4-5-18-11/h4-8H,2-3H2,1H3,(H,20,21). The summed E-state index contributed by atoms with van der Waals surface area (Å²) < 4.78 is 10.9. The lowest BCUT2D eigenvalue weighted by atomic mass is 10.2. The van der Waals surface area contributed by atoms with E-state index in [1.54, 1.807) is 18.3 Å². The van der Waals surface area contributed by atoms with Gasteiger partial charge in [0.25, 0.3) is 0 Å². The molecule has 6 nitrogen and oxygen atoms in total. The van der Waals surface area contributed by atoms with Crippen molar-refractivity contribution in [1.82, 2.24) is 9.97 Å². The maximum Gasteiger partial charge on any atom is 0.335 e. The molecule has 1 aromatic carbocycles. The molecular weight excluding hydrogens is 320 g/mol. The van der Waals surface area contributed by atoms with Crippen molar-refractivity contribution in [2.75, 3.05) is 7.11 Å². The average Bonchev–Trinajstić information content (AvgIpc) is 2.95. The van der Waals surface area contributed by atoms with Crippen molar-refractivity contribution in [3.8, 4) is 5.75 Å². The summed E-state index contributed by atoms with van der Waals surface area (Å²) in [7, 11) is 1.46. The SMILES string of the molecule is COc1cc(C(=O)O)cc2nc(CCc3cc(Cl)ccn3)oc12. The largest absolute Gasteiger partial charge is 0.493 e. The Bertz CT molecular complexity index is 876. The lowest BCUT2D eigenvalue weighted by Crippen LogP contribution is -1.97. The van der Waals surface area contributed by atoms with Gasteiger partial charge in [0, 0.05) is 23.3 Å². The zero-order valence-electron chi connectivity index (χ0n) is 12.2. The Hall–Kier alpha value is -2.60. The first-order chi connectivity index (χ1) is 11.1. The molecule has 23 heavy (non-hydrogen) atoms. The van der Waals surface area contributed by atoms with E-state index in [-0.39, 0.29) is 5.56 Å². The van der Waals surface area contributed by atoms with Crippen LogP contribution in [0.2, 0.25) is 5.02 Å². The maximum atomic E-state index is 11.1. The summed E-state index contributed by atoms with van der Waals surface area (Å²) in [5.41, 5.74) is 1.83. The summed E-state index contributed by atoms with van der Waals surface area (Å²) in [6, 6.07) is 6.37. The van der Waals surface area contributed by atoms with Crippen molar-refractivity contribution in [3.05, 3.63) is 52.6 Å². The van der Waals surface area contributed by atoms with Crippen LogP contribution in [-0.4, -0.2) is 28.2 Å². The van der Waals surface area contributed by atoms with Crippen molar-refractivity contribution in [2.24, 2.45) is 0 Å². The smallest absolute Gasteiger partial charge is 0.335 e. The van der Waals surface area contributed by atoms with Gasteiger partial charge in [0.1, 0.15) is 5.52 Å². The van der Waals surface area contributed by atoms with Crippen LogP contribution >= 0.6 is 11.6 Å². The summed E-state index contributed by atoms with van der Waals surface area (Å²) in [5, 5.41) is 9.74. The number of oxazole rings is 1. The van der Waals surface area contributed by atoms with Crippen LogP contribution in [0.15, 0.2) is 34.9 Å². The van der Waals surface area contributed by atoms with Crippen molar-refractivity contribution in [2.45, 2.75) is 12.8 Å². The Labute approximate surface area is 136 Å². The van der Waals surface area contributed by atoms with Gasteiger partial charge in [-0.05, 0) is 30.7 Å². The zero-order chi connectivity index (χ0) is 16.4. The molecule has 0 radical (unpaired) electrons. The molecule has 0 fully saturated rings. The number of nitrogens with zero attached hydrogens (tertiary/aromatic N) is 2. The van der Waals surface area contributed by atoms with Crippen molar-refractivity contribution in [3.63, 3.8) is 0 Å². The molecule has 0 aliphatic rings. The van der Waals surface area contributed by atoms with Crippen LogP contribution < -0.4 is 4.74 Å². The van der Waals surface area contributed by atoms with Gasteiger partial charge in [-0.1, -0.05) is 11.6 Å². The lowest BCUT2D eigenvalue weighted by Gasteiger charge is -2.01. The van der Waals surface area contributed by atoms with Gasteiger partial charge in [-0.15, -0.1) is 0 Å². The first-order valence-electron chi connectivity index (χ1n) is 6.88. The number of aryl methyl sites for hydroxylation is 2. The summed E-state index contributed by atoms with van der Waals surface area (Å²) in [5.74, 6) is -0.208. The number of pyridine rings is 1. The fourth-order valence-electron chi connectivity index (χ4n) is 2.25. The molecule has 0 saturated carbocycles. The molecule has 0 amide bonds. The number of ether oxygens (including phenoxy) is 1. The second-order valence-corrected chi connectivity index (χ2v) is 5.34. The van der Waals surface area contributed by atoms with Gasteiger partial charge in [0.05, 0.1) is 12.7 Å². The van der Waals surface area contributed by atoms with E-state index in [9.17, 15) is 4.79 Å². The number of hydrogen-bond donors (Lipinski definition) is 1. The molecule has 3 aromatic rings. The first kappa shape index (κ1) is 15.3. The van der Waals surface area contributed by atoms with E-state index in [0.717, 1.165) is 5.69 Å². The van der Waals surface area contributed by atoms with Crippen LogP contribution in [0.5, 0.6) is 5.75 Å². The van der Waals surface area contributed by atoms with Gasteiger partial charge in [0.2, 0.25) is 0 Å². The van der Waals surface area contributed by atoms with E-state index >= 15 is 0 Å². The highest BCUT2D eigenvalue weighted by Gasteiger charge is 2.15. The Morgan fingerprint density at radius 2 is 2.17 bits per heavy atom. The van der Waals surface area contributed by atoms with Gasteiger partial charge in [0.15, 0.2) is 17.2 Å². The molecule has 2 heterocycles. The number of rotatable bonds is 5. The highest BCUT2D eigenvalue weighted by Crippen LogP contribution is 2.28. The van der Waals surface area contributed by atoms with Crippen LogP contribution in [0.1, 0.15) is 21.9 Å². The number of fused-ring (bicyclic) bond motifs is 1. The number of carboxylic acids is 1. The monoisotopic (exact) mass is 332 g/mol. The van der Waals surface area contributed by atoms with E-state index in [1.165, 1.54) is 19.2 Å². The fraction of sp³-hybridized carbons (Fsp3) is 0.188. The highest BCUT2D eigenvalue weighted by atomic mass is 35.5. The number of aromatic nitrogens is 2. The van der Waals surface area contributed by atoms with E-state index in [4.69, 9.17) is 25.9 Å². The summed E-state index contributed by atoms with van der Waals surface area (Å²) in [6.45, 7) is 0. The second kappa shape index (κ2) is 6.26. The normalized spacial score (nSPS) is 10.9. The number of benzene rings is 1. The minimum Gasteiger partial charge on any atom is -0.493 e. The molecule has 7 heteroatoms. The summed E-state index contributed by atoms with van der Waals surface area (Å²) in [4.78, 5) is 19.7. The number of hydrogen-bond acceptors (Lipinski definition) is 5. The van der Waals surface area contributed by atoms with Gasteiger partial charge < -0.3 is 14.3 Å². The third kappa shape index (κ3) is 3.27. The predicted molar refractivity (Wildman–Crippen MR) is 84.2 cm³/mol.